The predicted molar refractivity (Wildman–Crippen MR) is 145 cm³/mol. The second-order valence-corrected chi connectivity index (χ2v) is 9.94. The summed E-state index contributed by atoms with van der Waals surface area (Å²) in [6, 6.07) is 14.7. The maximum absolute atomic E-state index is 13.2. The Bertz CT molecular complexity index is 1470. The van der Waals surface area contributed by atoms with Crippen molar-refractivity contribution in [1.82, 2.24) is 5.32 Å². The lowest BCUT2D eigenvalue weighted by atomic mass is 10.1. The van der Waals surface area contributed by atoms with Crippen LogP contribution in [0.3, 0.4) is 0 Å². The summed E-state index contributed by atoms with van der Waals surface area (Å²) in [6.45, 7) is 2.62. The van der Waals surface area contributed by atoms with Crippen LogP contribution in [0, 0.1) is 0 Å². The maximum atomic E-state index is 13.2. The van der Waals surface area contributed by atoms with Crippen LogP contribution >= 0.6 is 31.9 Å². The molecule has 0 atom stereocenters. The number of carbonyl (C=O) groups excluding carboxylic acids is 3. The Hall–Kier alpha value is -3.83. The SMILES string of the molecule is CCOc1cc(/C=C2\C(=O)NC(=O)N(c3ccc(Br)cc3)C2=O)cc(Br)c1OCc1ccc2c(c1)OCO2. The minimum Gasteiger partial charge on any atom is -0.490 e. The summed E-state index contributed by atoms with van der Waals surface area (Å²) in [5, 5.41) is 2.23. The van der Waals surface area contributed by atoms with E-state index in [-0.39, 0.29) is 19.0 Å². The lowest BCUT2D eigenvalue weighted by molar-refractivity contribution is -0.122. The Labute approximate surface area is 234 Å². The number of imide groups is 2. The van der Waals surface area contributed by atoms with Crippen molar-refractivity contribution < 1.29 is 33.3 Å². The molecule has 38 heavy (non-hydrogen) atoms. The molecule has 0 unspecified atom stereocenters. The van der Waals surface area contributed by atoms with Crippen molar-refractivity contribution in [2.24, 2.45) is 0 Å². The Morgan fingerprint density at radius 3 is 2.50 bits per heavy atom. The molecule has 11 heteroatoms. The quantitative estimate of drug-likeness (QED) is 0.265. The van der Waals surface area contributed by atoms with E-state index in [1.807, 2.05) is 25.1 Å². The van der Waals surface area contributed by atoms with E-state index in [4.69, 9.17) is 18.9 Å². The number of rotatable bonds is 7. The Morgan fingerprint density at radius 2 is 1.74 bits per heavy atom. The molecule has 1 saturated heterocycles. The summed E-state index contributed by atoms with van der Waals surface area (Å²) in [4.78, 5) is 39.2. The van der Waals surface area contributed by atoms with Crippen LogP contribution in [0.2, 0.25) is 0 Å². The van der Waals surface area contributed by atoms with Crippen molar-refractivity contribution in [3.63, 3.8) is 0 Å². The number of nitrogens with one attached hydrogen (secondary N) is 1. The molecule has 0 saturated carbocycles. The van der Waals surface area contributed by atoms with Gasteiger partial charge in [-0.05, 0) is 88.6 Å². The number of nitrogens with zero attached hydrogens (tertiary/aromatic N) is 1. The van der Waals surface area contributed by atoms with Gasteiger partial charge in [-0.3, -0.25) is 14.9 Å². The Balaban J connectivity index is 1.42. The third-order valence-corrected chi connectivity index (χ3v) is 6.77. The number of benzene rings is 3. The lowest BCUT2D eigenvalue weighted by Gasteiger charge is -2.26. The summed E-state index contributed by atoms with van der Waals surface area (Å²) in [5.41, 5.74) is 1.50. The number of ether oxygens (including phenoxy) is 4. The molecule has 5 rings (SSSR count). The van der Waals surface area contributed by atoms with Gasteiger partial charge in [-0.15, -0.1) is 0 Å². The fourth-order valence-corrected chi connectivity index (χ4v) is 4.75. The van der Waals surface area contributed by atoms with Gasteiger partial charge in [-0.1, -0.05) is 22.0 Å². The van der Waals surface area contributed by atoms with Crippen LogP contribution in [0.1, 0.15) is 18.1 Å². The zero-order chi connectivity index (χ0) is 26.8. The Kier molecular flexibility index (Phi) is 7.39. The number of hydrogen-bond acceptors (Lipinski definition) is 7. The normalized spacial score (nSPS) is 15.6. The van der Waals surface area contributed by atoms with Crippen molar-refractivity contribution in [1.29, 1.82) is 0 Å². The largest absolute Gasteiger partial charge is 0.490 e. The van der Waals surface area contributed by atoms with Gasteiger partial charge in [-0.2, -0.15) is 0 Å². The first kappa shape index (κ1) is 25.8. The van der Waals surface area contributed by atoms with Crippen LogP contribution in [0.25, 0.3) is 6.08 Å². The summed E-state index contributed by atoms with van der Waals surface area (Å²) in [5.74, 6) is 0.688. The van der Waals surface area contributed by atoms with Gasteiger partial charge in [0.2, 0.25) is 6.79 Å². The first-order valence-corrected chi connectivity index (χ1v) is 13.1. The topological polar surface area (TPSA) is 103 Å². The minimum absolute atomic E-state index is 0.187. The van der Waals surface area contributed by atoms with Crippen molar-refractivity contribution >= 4 is 61.5 Å². The van der Waals surface area contributed by atoms with E-state index < -0.39 is 17.8 Å². The first-order chi connectivity index (χ1) is 18.3. The van der Waals surface area contributed by atoms with E-state index >= 15 is 0 Å². The molecule has 9 nitrogen and oxygen atoms in total. The van der Waals surface area contributed by atoms with E-state index in [1.165, 1.54) is 6.08 Å². The van der Waals surface area contributed by atoms with Crippen LogP contribution in [-0.2, 0) is 16.2 Å². The number of halogens is 2. The van der Waals surface area contributed by atoms with Gasteiger partial charge in [-0.25, -0.2) is 9.69 Å². The van der Waals surface area contributed by atoms with Crippen LogP contribution in [-0.4, -0.2) is 31.2 Å². The van der Waals surface area contributed by atoms with E-state index in [0.29, 0.717) is 45.3 Å². The molecule has 4 amide bonds. The fourth-order valence-electron chi connectivity index (χ4n) is 3.91. The number of amides is 4. The molecule has 2 aliphatic rings. The van der Waals surface area contributed by atoms with E-state index in [2.05, 4.69) is 37.2 Å². The summed E-state index contributed by atoms with van der Waals surface area (Å²) < 4.78 is 24.0. The van der Waals surface area contributed by atoms with E-state index in [9.17, 15) is 14.4 Å². The zero-order valence-electron chi connectivity index (χ0n) is 20.0. The maximum Gasteiger partial charge on any atom is 0.335 e. The molecule has 2 aliphatic heterocycles. The number of urea groups is 1. The van der Waals surface area contributed by atoms with Crippen LogP contribution in [0.4, 0.5) is 10.5 Å². The van der Waals surface area contributed by atoms with Gasteiger partial charge in [0.1, 0.15) is 12.2 Å². The highest BCUT2D eigenvalue weighted by Crippen LogP contribution is 2.39. The smallest absolute Gasteiger partial charge is 0.335 e. The standard InChI is InChI=1S/C27H20Br2N2O7/c1-2-35-23-12-16(10-20(29)24(23)36-13-15-3-8-21-22(11-15)38-14-37-21)9-19-25(32)30-27(34)31(26(19)33)18-6-4-17(28)5-7-18/h3-12H,2,13-14H2,1H3,(H,30,32,34)/b19-9+. The molecule has 1 N–H and O–H groups in total. The van der Waals surface area contributed by atoms with Gasteiger partial charge < -0.3 is 18.9 Å². The average molecular weight is 644 g/mol. The van der Waals surface area contributed by atoms with Crippen molar-refractivity contribution in [2.75, 3.05) is 18.3 Å². The predicted octanol–water partition coefficient (Wildman–Crippen LogP) is 5.58. The van der Waals surface area contributed by atoms with Crippen LogP contribution < -0.4 is 29.2 Å². The molecule has 2 heterocycles. The summed E-state index contributed by atoms with van der Waals surface area (Å²) in [7, 11) is 0. The first-order valence-electron chi connectivity index (χ1n) is 11.5. The number of anilines is 1. The van der Waals surface area contributed by atoms with Gasteiger partial charge >= 0.3 is 6.03 Å². The molecule has 0 radical (unpaired) electrons. The van der Waals surface area contributed by atoms with Crippen molar-refractivity contribution in [2.45, 2.75) is 13.5 Å². The molecular weight excluding hydrogens is 624 g/mol. The number of hydrogen-bond donors (Lipinski definition) is 1. The molecule has 0 aromatic heterocycles. The number of carbonyl (C=O) groups is 3. The highest BCUT2D eigenvalue weighted by atomic mass is 79.9. The second-order valence-electron chi connectivity index (χ2n) is 8.17. The van der Waals surface area contributed by atoms with Gasteiger partial charge in [0, 0.05) is 4.47 Å². The third-order valence-electron chi connectivity index (χ3n) is 5.65. The number of fused-ring (bicyclic) bond motifs is 1. The minimum atomic E-state index is -0.817. The summed E-state index contributed by atoms with van der Waals surface area (Å²) in [6.07, 6.45) is 1.41. The summed E-state index contributed by atoms with van der Waals surface area (Å²) >= 11 is 6.84. The lowest BCUT2D eigenvalue weighted by Crippen LogP contribution is -2.54. The zero-order valence-corrected chi connectivity index (χ0v) is 23.1. The molecule has 194 valence electrons. The second kappa shape index (κ2) is 10.9. The Morgan fingerprint density at radius 1 is 0.974 bits per heavy atom. The molecule has 3 aromatic rings. The van der Waals surface area contributed by atoms with Gasteiger partial charge in [0.25, 0.3) is 11.8 Å². The molecular formula is C27H20Br2N2O7. The average Bonchev–Trinajstić information content (AvgIpc) is 3.35. The fraction of sp³-hybridized carbons (Fsp3) is 0.148. The van der Waals surface area contributed by atoms with Crippen molar-refractivity contribution in [3.05, 3.63) is 80.2 Å². The highest BCUT2D eigenvalue weighted by molar-refractivity contribution is 9.10. The molecule has 1 fully saturated rings. The third kappa shape index (κ3) is 5.25. The molecule has 0 spiro atoms. The highest BCUT2D eigenvalue weighted by Gasteiger charge is 2.36. The van der Waals surface area contributed by atoms with Crippen molar-refractivity contribution in [3.8, 4) is 23.0 Å². The number of barbiturate groups is 1. The van der Waals surface area contributed by atoms with Crippen LogP contribution in [0.5, 0.6) is 23.0 Å². The molecule has 3 aromatic carbocycles. The van der Waals surface area contributed by atoms with E-state index in [0.717, 1.165) is 14.9 Å². The molecule has 0 aliphatic carbocycles. The van der Waals surface area contributed by atoms with Gasteiger partial charge in [0.05, 0.1) is 16.8 Å². The van der Waals surface area contributed by atoms with E-state index in [1.54, 1.807) is 36.4 Å². The van der Waals surface area contributed by atoms with Crippen LogP contribution in [0.15, 0.2) is 69.1 Å². The monoisotopic (exact) mass is 642 g/mol. The molecule has 0 bridgehead atoms. The van der Waals surface area contributed by atoms with Gasteiger partial charge in [0.15, 0.2) is 23.0 Å².